The lowest BCUT2D eigenvalue weighted by Crippen LogP contribution is -2.52. The van der Waals surface area contributed by atoms with Crippen molar-refractivity contribution in [3.8, 4) is 0 Å². The molecular weight excluding hydrogens is 200 g/mol. The maximum atomic E-state index is 11.3. The van der Waals surface area contributed by atoms with Gasteiger partial charge in [0.25, 0.3) is 0 Å². The molecule has 1 aliphatic rings. The van der Waals surface area contributed by atoms with Crippen LogP contribution >= 0.6 is 0 Å². The second-order valence-corrected chi connectivity index (χ2v) is 3.53. The maximum absolute atomic E-state index is 11.3. The van der Waals surface area contributed by atoms with E-state index in [4.69, 9.17) is 4.74 Å². The Hall–Kier alpha value is -1.30. The van der Waals surface area contributed by atoms with Gasteiger partial charge in [0.1, 0.15) is 0 Å². The number of urea groups is 1. The van der Waals surface area contributed by atoms with Gasteiger partial charge in [-0.3, -0.25) is 10.0 Å². The van der Waals surface area contributed by atoms with Crippen LogP contribution in [0, 0.1) is 0 Å². The molecule has 1 heterocycles. The molecule has 15 heavy (non-hydrogen) atoms. The Morgan fingerprint density at radius 3 is 2.93 bits per heavy atom. The van der Waals surface area contributed by atoms with Crippen LogP contribution in [-0.4, -0.2) is 47.0 Å². The van der Waals surface area contributed by atoms with Crippen LogP contribution in [0.1, 0.15) is 26.2 Å². The molecule has 1 aliphatic heterocycles. The number of ether oxygens (including phenoxy) is 1. The summed E-state index contributed by atoms with van der Waals surface area (Å²) in [5.41, 5.74) is 0. The van der Waals surface area contributed by atoms with Crippen LogP contribution < -0.4 is 0 Å². The summed E-state index contributed by atoms with van der Waals surface area (Å²) in [6.07, 6.45) is 0.570. The number of hydrogen-bond acceptors (Lipinski definition) is 4. The molecule has 1 unspecified atom stereocenters. The van der Waals surface area contributed by atoms with E-state index < -0.39 is 12.3 Å². The van der Waals surface area contributed by atoms with Gasteiger partial charge in [0.15, 0.2) is 0 Å². The van der Waals surface area contributed by atoms with E-state index in [9.17, 15) is 14.8 Å². The average Bonchev–Trinajstić information content (AvgIpc) is 2.20. The van der Waals surface area contributed by atoms with Crippen molar-refractivity contribution in [3.63, 3.8) is 0 Å². The molecule has 2 amide bonds. The Labute approximate surface area is 88.4 Å². The van der Waals surface area contributed by atoms with Crippen LogP contribution in [0.25, 0.3) is 0 Å². The van der Waals surface area contributed by atoms with Crippen LogP contribution in [0.4, 0.5) is 4.79 Å². The van der Waals surface area contributed by atoms with E-state index in [1.165, 1.54) is 4.90 Å². The van der Waals surface area contributed by atoms with Crippen LogP contribution in [0.2, 0.25) is 0 Å². The highest BCUT2D eigenvalue weighted by Gasteiger charge is 2.32. The molecule has 6 nitrogen and oxygen atoms in total. The lowest BCUT2D eigenvalue weighted by Gasteiger charge is -2.34. The molecule has 6 heteroatoms. The Morgan fingerprint density at radius 2 is 2.33 bits per heavy atom. The molecule has 0 saturated carbocycles. The van der Waals surface area contributed by atoms with Crippen molar-refractivity contribution in [2.75, 3.05) is 13.6 Å². The largest absolute Gasteiger partial charge is 0.439 e. The third-order valence-electron chi connectivity index (χ3n) is 2.23. The van der Waals surface area contributed by atoms with Gasteiger partial charge >= 0.3 is 12.0 Å². The van der Waals surface area contributed by atoms with Crippen molar-refractivity contribution in [2.24, 2.45) is 0 Å². The van der Waals surface area contributed by atoms with Crippen LogP contribution in [0.3, 0.4) is 0 Å². The summed E-state index contributed by atoms with van der Waals surface area (Å²) < 4.78 is 4.95. The number of nitrogens with zero attached hydrogens (tertiary/aromatic N) is 2. The topological polar surface area (TPSA) is 70.1 Å². The van der Waals surface area contributed by atoms with E-state index in [0.29, 0.717) is 30.9 Å². The summed E-state index contributed by atoms with van der Waals surface area (Å²) in [7, 11) is 1.58. The maximum Gasteiger partial charge on any atom is 0.346 e. The van der Waals surface area contributed by atoms with Gasteiger partial charge in [-0.1, -0.05) is 6.92 Å². The first kappa shape index (κ1) is 11.8. The van der Waals surface area contributed by atoms with Crippen molar-refractivity contribution < 1.29 is 19.5 Å². The highest BCUT2D eigenvalue weighted by atomic mass is 16.6. The van der Waals surface area contributed by atoms with Gasteiger partial charge < -0.3 is 9.64 Å². The SMILES string of the molecule is CCCC(=O)OC1CCN(C)C(=O)N1O. The zero-order valence-electron chi connectivity index (χ0n) is 8.97. The van der Waals surface area contributed by atoms with E-state index in [1.54, 1.807) is 7.05 Å². The van der Waals surface area contributed by atoms with Crippen molar-refractivity contribution >= 4 is 12.0 Å². The van der Waals surface area contributed by atoms with E-state index in [1.807, 2.05) is 6.92 Å². The van der Waals surface area contributed by atoms with Crippen LogP contribution in [0.15, 0.2) is 0 Å². The van der Waals surface area contributed by atoms with Crippen molar-refractivity contribution in [3.05, 3.63) is 0 Å². The fourth-order valence-electron chi connectivity index (χ4n) is 1.34. The molecule has 1 rings (SSSR count). The van der Waals surface area contributed by atoms with E-state index >= 15 is 0 Å². The van der Waals surface area contributed by atoms with E-state index in [2.05, 4.69) is 0 Å². The van der Waals surface area contributed by atoms with Crippen molar-refractivity contribution in [1.29, 1.82) is 0 Å². The molecule has 0 radical (unpaired) electrons. The molecule has 86 valence electrons. The van der Waals surface area contributed by atoms with Crippen LogP contribution in [-0.2, 0) is 9.53 Å². The average molecular weight is 216 g/mol. The van der Waals surface area contributed by atoms with E-state index in [-0.39, 0.29) is 5.97 Å². The van der Waals surface area contributed by atoms with Crippen LogP contribution in [0.5, 0.6) is 0 Å². The predicted octanol–water partition coefficient (Wildman–Crippen LogP) is 0.802. The van der Waals surface area contributed by atoms with Gasteiger partial charge in [0.05, 0.1) is 0 Å². The van der Waals surface area contributed by atoms with E-state index in [0.717, 1.165) is 0 Å². The van der Waals surface area contributed by atoms with Gasteiger partial charge in [-0.15, -0.1) is 0 Å². The number of esters is 1. The number of rotatable bonds is 3. The third kappa shape index (κ3) is 2.82. The number of carbonyl (C=O) groups excluding carboxylic acids is 2. The van der Waals surface area contributed by atoms with Gasteiger partial charge in [0, 0.05) is 26.4 Å². The molecule has 1 fully saturated rings. The van der Waals surface area contributed by atoms with Gasteiger partial charge in [-0.25, -0.2) is 4.79 Å². The molecule has 1 N–H and O–H groups in total. The minimum atomic E-state index is -0.840. The quantitative estimate of drug-likeness (QED) is 0.559. The molecule has 0 aromatic rings. The molecule has 0 aliphatic carbocycles. The molecular formula is C9H16N2O4. The first-order chi connectivity index (χ1) is 7.06. The number of hydroxylamine groups is 2. The molecule has 1 saturated heterocycles. The summed E-state index contributed by atoms with van der Waals surface area (Å²) in [5.74, 6) is -0.390. The lowest BCUT2D eigenvalue weighted by molar-refractivity contribution is -0.204. The Bertz CT molecular complexity index is 256. The fraction of sp³-hybridized carbons (Fsp3) is 0.778. The minimum absolute atomic E-state index is 0.300. The highest BCUT2D eigenvalue weighted by Crippen LogP contribution is 2.14. The van der Waals surface area contributed by atoms with Crippen molar-refractivity contribution in [2.45, 2.75) is 32.4 Å². The summed E-state index contributed by atoms with van der Waals surface area (Å²) >= 11 is 0. The minimum Gasteiger partial charge on any atom is -0.439 e. The smallest absolute Gasteiger partial charge is 0.346 e. The third-order valence-corrected chi connectivity index (χ3v) is 2.23. The highest BCUT2D eigenvalue weighted by molar-refractivity contribution is 5.75. The summed E-state index contributed by atoms with van der Waals surface area (Å²) in [5, 5.41) is 9.86. The van der Waals surface area contributed by atoms with Gasteiger partial charge in [-0.05, 0) is 6.42 Å². The Balaban J connectivity index is 2.49. The summed E-state index contributed by atoms with van der Waals surface area (Å²) in [6.45, 7) is 2.33. The normalized spacial score (nSPS) is 21.8. The predicted molar refractivity (Wildman–Crippen MR) is 51.1 cm³/mol. The second-order valence-electron chi connectivity index (χ2n) is 3.53. The van der Waals surface area contributed by atoms with Gasteiger partial charge in [0.2, 0.25) is 6.23 Å². The Kier molecular flexibility index (Phi) is 3.90. The van der Waals surface area contributed by atoms with Crippen molar-refractivity contribution in [1.82, 2.24) is 9.96 Å². The molecule has 0 aromatic heterocycles. The summed E-state index contributed by atoms with van der Waals surface area (Å²) in [4.78, 5) is 23.8. The molecule has 0 bridgehead atoms. The fourth-order valence-corrected chi connectivity index (χ4v) is 1.34. The molecule has 0 aromatic carbocycles. The standard InChI is InChI=1S/C9H16N2O4/c1-3-4-8(12)15-7-5-6-10(2)9(13)11(7)14/h7,14H,3-6H2,1-2H3. The summed E-state index contributed by atoms with van der Waals surface area (Å²) in [6, 6.07) is -0.546. The number of hydrogen-bond donors (Lipinski definition) is 1. The second kappa shape index (κ2) is 4.97. The Morgan fingerprint density at radius 1 is 1.67 bits per heavy atom. The number of carbonyl (C=O) groups is 2. The monoisotopic (exact) mass is 216 g/mol. The zero-order chi connectivity index (χ0) is 11.4. The number of amides is 2. The van der Waals surface area contributed by atoms with Gasteiger partial charge in [-0.2, -0.15) is 5.06 Å². The molecule has 1 atom stereocenters. The molecule has 0 spiro atoms. The first-order valence-corrected chi connectivity index (χ1v) is 4.99. The first-order valence-electron chi connectivity index (χ1n) is 4.99. The lowest BCUT2D eigenvalue weighted by atomic mass is 10.3. The zero-order valence-corrected chi connectivity index (χ0v) is 8.97.